The molecule has 4 heteroatoms. The lowest BCUT2D eigenvalue weighted by Gasteiger charge is -2.32. The summed E-state index contributed by atoms with van der Waals surface area (Å²) in [5.41, 5.74) is 0. The van der Waals surface area contributed by atoms with E-state index >= 15 is 0 Å². The van der Waals surface area contributed by atoms with E-state index in [0.717, 1.165) is 32.4 Å². The van der Waals surface area contributed by atoms with Gasteiger partial charge in [0.05, 0.1) is 12.7 Å². The molecule has 1 aliphatic carbocycles. The number of likely N-dealkylation sites (tertiary alicyclic amines) is 1. The van der Waals surface area contributed by atoms with Crippen molar-refractivity contribution < 1.29 is 9.53 Å². The van der Waals surface area contributed by atoms with Crippen LogP contribution in [0.4, 0.5) is 0 Å². The highest BCUT2D eigenvalue weighted by atomic mass is 35.5. The molecule has 2 aliphatic rings. The monoisotopic (exact) mass is 301 g/mol. The first-order chi connectivity index (χ1) is 9.79. The van der Waals surface area contributed by atoms with Crippen LogP contribution in [0.25, 0.3) is 0 Å². The number of nitrogens with zero attached hydrogens (tertiary/aromatic N) is 1. The van der Waals surface area contributed by atoms with E-state index in [2.05, 4.69) is 0 Å². The number of hydrogen-bond donors (Lipinski definition) is 0. The van der Waals surface area contributed by atoms with Crippen LogP contribution < -0.4 is 0 Å². The van der Waals surface area contributed by atoms with Crippen molar-refractivity contribution in [3.05, 3.63) is 0 Å². The number of alkyl halides is 1. The minimum Gasteiger partial charge on any atom is -0.377 e. The van der Waals surface area contributed by atoms with Gasteiger partial charge in [-0.1, -0.05) is 25.7 Å². The molecule has 0 atom stereocenters. The van der Waals surface area contributed by atoms with Crippen LogP contribution in [0.2, 0.25) is 0 Å². The van der Waals surface area contributed by atoms with Crippen molar-refractivity contribution in [1.29, 1.82) is 0 Å². The van der Waals surface area contributed by atoms with Crippen LogP contribution in [0.15, 0.2) is 0 Å². The molecular formula is C16H28ClNO2. The molecule has 0 aromatic carbocycles. The molecule has 0 radical (unpaired) electrons. The predicted molar refractivity (Wildman–Crippen MR) is 82.1 cm³/mol. The first kappa shape index (κ1) is 16.1. The van der Waals surface area contributed by atoms with E-state index in [0.29, 0.717) is 30.4 Å². The molecular weight excluding hydrogens is 274 g/mol. The molecule has 1 saturated heterocycles. The Hall–Kier alpha value is -0.280. The van der Waals surface area contributed by atoms with Crippen molar-refractivity contribution >= 4 is 17.5 Å². The van der Waals surface area contributed by atoms with E-state index in [1.807, 2.05) is 4.90 Å². The van der Waals surface area contributed by atoms with Gasteiger partial charge in [0.1, 0.15) is 0 Å². The normalized spacial score (nSPS) is 22.8. The van der Waals surface area contributed by atoms with Gasteiger partial charge in [-0.05, 0) is 31.6 Å². The zero-order chi connectivity index (χ0) is 14.2. The summed E-state index contributed by atoms with van der Waals surface area (Å²) >= 11 is 5.63. The summed E-state index contributed by atoms with van der Waals surface area (Å²) in [4.78, 5) is 14.4. The fourth-order valence-corrected chi connectivity index (χ4v) is 3.52. The highest BCUT2D eigenvalue weighted by Crippen LogP contribution is 2.26. The molecule has 0 aromatic rings. The molecule has 116 valence electrons. The Kier molecular flexibility index (Phi) is 7.15. The second-order valence-corrected chi connectivity index (χ2v) is 6.58. The Morgan fingerprint density at radius 2 is 1.70 bits per heavy atom. The van der Waals surface area contributed by atoms with E-state index in [1.54, 1.807) is 0 Å². The predicted octanol–water partition coefficient (Wildman–Crippen LogP) is 3.59. The molecule has 1 aliphatic heterocycles. The maximum absolute atomic E-state index is 12.4. The minimum atomic E-state index is 0.302. The van der Waals surface area contributed by atoms with E-state index < -0.39 is 0 Å². The topological polar surface area (TPSA) is 29.5 Å². The third-order valence-corrected chi connectivity index (χ3v) is 4.82. The lowest BCUT2D eigenvalue weighted by molar-refractivity contribution is -0.134. The third kappa shape index (κ3) is 5.25. The van der Waals surface area contributed by atoms with Crippen molar-refractivity contribution in [2.45, 2.75) is 63.9 Å². The molecule has 0 N–H and O–H groups in total. The Balaban J connectivity index is 1.68. The number of carbonyl (C=O) groups is 1. The lowest BCUT2D eigenvalue weighted by atomic mass is 9.95. The maximum atomic E-state index is 12.4. The number of carbonyl (C=O) groups excluding carboxylic acids is 1. The standard InChI is InChI=1S/C16H28ClNO2/c17-9-12-20-15-7-10-18(11-8-15)16(19)13-14-5-3-1-2-4-6-14/h14-15H,1-13H2. The molecule has 0 bridgehead atoms. The van der Waals surface area contributed by atoms with Crippen LogP contribution in [0.5, 0.6) is 0 Å². The van der Waals surface area contributed by atoms with Gasteiger partial charge in [0.2, 0.25) is 5.91 Å². The number of amides is 1. The van der Waals surface area contributed by atoms with Gasteiger partial charge in [-0.25, -0.2) is 0 Å². The fourth-order valence-electron chi connectivity index (χ4n) is 3.43. The van der Waals surface area contributed by atoms with Gasteiger partial charge in [0.15, 0.2) is 0 Å². The highest BCUT2D eigenvalue weighted by molar-refractivity contribution is 6.17. The van der Waals surface area contributed by atoms with Crippen molar-refractivity contribution in [3.8, 4) is 0 Å². The molecule has 2 fully saturated rings. The van der Waals surface area contributed by atoms with Crippen LogP contribution in [0.1, 0.15) is 57.8 Å². The second-order valence-electron chi connectivity index (χ2n) is 6.20. The van der Waals surface area contributed by atoms with Gasteiger partial charge < -0.3 is 9.64 Å². The summed E-state index contributed by atoms with van der Waals surface area (Å²) < 4.78 is 5.66. The first-order valence-corrected chi connectivity index (χ1v) is 8.78. The van der Waals surface area contributed by atoms with Crippen LogP contribution >= 0.6 is 11.6 Å². The quantitative estimate of drug-likeness (QED) is 0.573. The summed E-state index contributed by atoms with van der Waals surface area (Å²) in [7, 11) is 0. The minimum absolute atomic E-state index is 0.302. The molecule has 0 unspecified atom stereocenters. The lowest BCUT2D eigenvalue weighted by Crippen LogP contribution is -2.41. The average molecular weight is 302 g/mol. The third-order valence-electron chi connectivity index (χ3n) is 4.66. The van der Waals surface area contributed by atoms with E-state index in [1.165, 1.54) is 38.5 Å². The molecule has 1 saturated carbocycles. The molecule has 0 spiro atoms. The zero-order valence-electron chi connectivity index (χ0n) is 12.5. The number of hydrogen-bond acceptors (Lipinski definition) is 2. The molecule has 3 nitrogen and oxygen atoms in total. The first-order valence-electron chi connectivity index (χ1n) is 8.25. The van der Waals surface area contributed by atoms with Crippen molar-refractivity contribution in [2.24, 2.45) is 5.92 Å². The van der Waals surface area contributed by atoms with Gasteiger partial charge in [-0.15, -0.1) is 11.6 Å². The number of piperidine rings is 1. The molecule has 20 heavy (non-hydrogen) atoms. The van der Waals surface area contributed by atoms with Gasteiger partial charge in [-0.3, -0.25) is 4.79 Å². The summed E-state index contributed by atoms with van der Waals surface area (Å²) in [5, 5.41) is 0. The number of ether oxygens (including phenoxy) is 1. The largest absolute Gasteiger partial charge is 0.377 e. The molecule has 0 aromatic heterocycles. The Bertz CT molecular complexity index is 282. The van der Waals surface area contributed by atoms with E-state index in [9.17, 15) is 4.79 Å². The van der Waals surface area contributed by atoms with Crippen LogP contribution in [0.3, 0.4) is 0 Å². The molecule has 1 heterocycles. The van der Waals surface area contributed by atoms with Crippen molar-refractivity contribution in [3.63, 3.8) is 0 Å². The summed E-state index contributed by atoms with van der Waals surface area (Å²) in [6.45, 7) is 2.35. The Morgan fingerprint density at radius 1 is 1.05 bits per heavy atom. The van der Waals surface area contributed by atoms with Crippen molar-refractivity contribution in [1.82, 2.24) is 4.90 Å². The summed E-state index contributed by atoms with van der Waals surface area (Å²) in [6, 6.07) is 0. The fraction of sp³-hybridized carbons (Fsp3) is 0.938. The average Bonchev–Trinajstić information content (AvgIpc) is 2.74. The zero-order valence-corrected chi connectivity index (χ0v) is 13.2. The Labute approximate surface area is 128 Å². The smallest absolute Gasteiger partial charge is 0.222 e. The van der Waals surface area contributed by atoms with Gasteiger partial charge in [-0.2, -0.15) is 0 Å². The molecule has 2 rings (SSSR count). The van der Waals surface area contributed by atoms with E-state index in [4.69, 9.17) is 16.3 Å². The van der Waals surface area contributed by atoms with Crippen molar-refractivity contribution in [2.75, 3.05) is 25.6 Å². The summed E-state index contributed by atoms with van der Waals surface area (Å²) in [5.74, 6) is 1.56. The van der Waals surface area contributed by atoms with Gasteiger partial charge in [0, 0.05) is 25.4 Å². The number of rotatable bonds is 5. The number of halogens is 1. The van der Waals surface area contributed by atoms with E-state index in [-0.39, 0.29) is 0 Å². The Morgan fingerprint density at radius 3 is 2.30 bits per heavy atom. The molecule has 1 amide bonds. The second kappa shape index (κ2) is 8.89. The van der Waals surface area contributed by atoms with Gasteiger partial charge >= 0.3 is 0 Å². The summed E-state index contributed by atoms with van der Waals surface area (Å²) in [6.07, 6.45) is 10.8. The maximum Gasteiger partial charge on any atom is 0.222 e. The SMILES string of the molecule is O=C(CC1CCCCCC1)N1CCC(OCCCl)CC1. The van der Waals surface area contributed by atoms with Gasteiger partial charge in [0.25, 0.3) is 0 Å². The van der Waals surface area contributed by atoms with Crippen LogP contribution in [-0.4, -0.2) is 42.5 Å². The van der Waals surface area contributed by atoms with Crippen LogP contribution in [-0.2, 0) is 9.53 Å². The van der Waals surface area contributed by atoms with Crippen LogP contribution in [0, 0.1) is 5.92 Å². The highest BCUT2D eigenvalue weighted by Gasteiger charge is 2.25.